The minimum Gasteiger partial charge on any atom is -0.208 e. The molecular weight excluding hydrogens is 631 g/mol. The molecule has 0 aliphatic rings. The molecule has 0 aliphatic carbocycles. The monoisotopic (exact) mass is 668 g/mol. The molecule has 10 rings (SSSR count). The van der Waals surface area contributed by atoms with E-state index in [9.17, 15) is 0 Å². The highest BCUT2D eigenvalue weighted by Crippen LogP contribution is 2.37. The van der Waals surface area contributed by atoms with E-state index in [-0.39, 0.29) is 33.8 Å². The van der Waals surface area contributed by atoms with E-state index < -0.39 is 42.3 Å². The lowest BCUT2D eigenvalue weighted by Crippen LogP contribution is -2.01. The van der Waals surface area contributed by atoms with Crippen LogP contribution in [0.2, 0.25) is 0 Å². The van der Waals surface area contributed by atoms with Crippen LogP contribution in [-0.2, 0) is 0 Å². The van der Waals surface area contributed by atoms with Crippen molar-refractivity contribution < 1.29 is 9.60 Å². The second-order valence-electron chi connectivity index (χ2n) is 12.7. The fourth-order valence-corrected chi connectivity index (χ4v) is 7.03. The molecule has 0 fully saturated rings. The van der Waals surface area contributed by atoms with Crippen LogP contribution in [0.25, 0.3) is 99.5 Å². The second kappa shape index (κ2) is 12.4. The van der Waals surface area contributed by atoms with Gasteiger partial charge in [-0.1, -0.05) is 164 Å². The lowest BCUT2D eigenvalue weighted by molar-refractivity contribution is 1.08. The molecule has 1 heterocycles. The third-order valence-corrected chi connectivity index (χ3v) is 9.58. The molecule has 0 radical (unpaired) electrons. The number of fused-ring (bicyclic) bond motifs is 5. The zero-order valence-electron chi connectivity index (χ0n) is 34.7. The van der Waals surface area contributed by atoms with Gasteiger partial charge in [0, 0.05) is 16.7 Å². The molecule has 0 saturated heterocycles. The van der Waals surface area contributed by atoms with Crippen LogP contribution in [0.3, 0.4) is 0 Å². The van der Waals surface area contributed by atoms with Gasteiger partial charge in [0.05, 0.1) is 9.60 Å². The van der Waals surface area contributed by atoms with Crippen LogP contribution in [-0.4, -0.2) is 15.0 Å². The van der Waals surface area contributed by atoms with E-state index in [4.69, 9.17) is 24.5 Å². The highest BCUT2D eigenvalue weighted by atomic mass is 15.0. The number of aromatic nitrogens is 3. The molecule has 9 aromatic carbocycles. The fraction of sp³-hybridized carbons (Fsp3) is 0. The zero-order chi connectivity index (χ0) is 40.5. The Labute approximate surface area is 311 Å². The van der Waals surface area contributed by atoms with E-state index in [1.165, 1.54) is 0 Å². The Morgan fingerprint density at radius 1 is 0.308 bits per heavy atom. The fourth-order valence-electron chi connectivity index (χ4n) is 7.03. The first-order valence-corrected chi connectivity index (χ1v) is 17.0. The average Bonchev–Trinajstić information content (AvgIpc) is 3.28. The van der Waals surface area contributed by atoms with Crippen molar-refractivity contribution >= 4 is 43.1 Å². The van der Waals surface area contributed by atoms with Gasteiger partial charge in [-0.3, -0.25) is 0 Å². The van der Waals surface area contributed by atoms with Crippen molar-refractivity contribution in [2.45, 2.75) is 0 Å². The van der Waals surface area contributed by atoms with E-state index in [1.807, 2.05) is 91.0 Å². The summed E-state index contributed by atoms with van der Waals surface area (Å²) in [7, 11) is 0. The third kappa shape index (κ3) is 5.28. The van der Waals surface area contributed by atoms with Crippen molar-refractivity contribution in [1.82, 2.24) is 15.0 Å². The maximum Gasteiger partial charge on any atom is 0.164 e. The van der Waals surface area contributed by atoms with E-state index in [0.29, 0.717) is 11.1 Å². The summed E-state index contributed by atoms with van der Waals surface area (Å²) in [4.78, 5) is 15.0. The molecule has 0 amide bonds. The molecule has 0 spiro atoms. The molecule has 3 heteroatoms. The molecule has 0 saturated carbocycles. The number of benzene rings is 9. The Morgan fingerprint density at radius 2 is 0.904 bits per heavy atom. The minimum absolute atomic E-state index is 0.0406. The van der Waals surface area contributed by atoms with Gasteiger partial charge in [0.25, 0.3) is 0 Å². The summed E-state index contributed by atoms with van der Waals surface area (Å²) in [6, 6.07) is 45.7. The Hall–Kier alpha value is -6.97. The minimum atomic E-state index is -0.527. The van der Waals surface area contributed by atoms with Crippen molar-refractivity contribution in [3.8, 4) is 56.4 Å². The molecule has 242 valence electrons. The average molecular weight is 669 g/mol. The quantitative estimate of drug-likeness (QED) is 0.171. The first-order valence-electron chi connectivity index (χ1n) is 20.5. The molecule has 1 aromatic heterocycles. The van der Waals surface area contributed by atoms with Crippen molar-refractivity contribution in [2.24, 2.45) is 0 Å². The predicted octanol–water partition coefficient (Wildman–Crippen LogP) is 12.8. The molecule has 0 bridgehead atoms. The lowest BCUT2D eigenvalue weighted by Gasteiger charge is -2.13. The van der Waals surface area contributed by atoms with Crippen LogP contribution in [0.15, 0.2) is 188 Å². The molecule has 10 aromatic rings. The van der Waals surface area contributed by atoms with Gasteiger partial charge in [-0.15, -0.1) is 0 Å². The standard InChI is InChI=1S/C49H31N3/c1-2-12-32(13-3-1)35-24-25-38-29-36(26-27-37(38)28-35)34-17-10-18-40(30-34)47-50-48(45-23-11-16-33-14-4-6-19-41(33)45)52-49(51-47)46-31-39-15-5-7-20-42(39)43-21-8-9-22-44(43)46/h1-31H/i4D,6D,11D,14D,16D,19D,23D. The van der Waals surface area contributed by atoms with Crippen molar-refractivity contribution in [3.05, 3.63) is 188 Å². The van der Waals surface area contributed by atoms with E-state index in [0.717, 1.165) is 54.6 Å². The Morgan fingerprint density at radius 3 is 1.73 bits per heavy atom. The van der Waals surface area contributed by atoms with Gasteiger partial charge in [-0.25, -0.2) is 15.0 Å². The van der Waals surface area contributed by atoms with Gasteiger partial charge >= 0.3 is 0 Å². The van der Waals surface area contributed by atoms with Crippen molar-refractivity contribution in [3.63, 3.8) is 0 Å². The van der Waals surface area contributed by atoms with Crippen LogP contribution in [0, 0.1) is 0 Å². The van der Waals surface area contributed by atoms with Crippen molar-refractivity contribution in [2.75, 3.05) is 0 Å². The van der Waals surface area contributed by atoms with Crippen LogP contribution < -0.4 is 0 Å². The Bertz CT molecular complexity index is 3360. The zero-order valence-corrected chi connectivity index (χ0v) is 27.7. The highest BCUT2D eigenvalue weighted by molar-refractivity contribution is 6.13. The van der Waals surface area contributed by atoms with Gasteiger partial charge in [-0.2, -0.15) is 0 Å². The Kier molecular flexibility index (Phi) is 5.60. The van der Waals surface area contributed by atoms with Crippen molar-refractivity contribution in [1.29, 1.82) is 0 Å². The van der Waals surface area contributed by atoms with Gasteiger partial charge in [0.2, 0.25) is 0 Å². The lowest BCUT2D eigenvalue weighted by atomic mass is 9.96. The molecule has 0 aliphatic heterocycles. The van der Waals surface area contributed by atoms with Gasteiger partial charge in [0.1, 0.15) is 0 Å². The van der Waals surface area contributed by atoms with Gasteiger partial charge in [0.15, 0.2) is 17.5 Å². The van der Waals surface area contributed by atoms with Crippen LogP contribution in [0.1, 0.15) is 9.60 Å². The molecule has 52 heavy (non-hydrogen) atoms. The number of hydrogen-bond donors (Lipinski definition) is 0. The topological polar surface area (TPSA) is 38.7 Å². The maximum absolute atomic E-state index is 9.15. The summed E-state index contributed by atoms with van der Waals surface area (Å²) in [5.74, 6) is 0.514. The summed E-state index contributed by atoms with van der Waals surface area (Å²) >= 11 is 0. The number of nitrogens with zero attached hydrogens (tertiary/aromatic N) is 3. The summed E-state index contributed by atoms with van der Waals surface area (Å²) in [5.41, 5.74) is 5.49. The smallest absolute Gasteiger partial charge is 0.164 e. The van der Waals surface area contributed by atoms with E-state index in [1.54, 1.807) is 0 Å². The predicted molar refractivity (Wildman–Crippen MR) is 217 cm³/mol. The molecule has 0 unspecified atom stereocenters. The molecule has 0 N–H and O–H groups in total. The third-order valence-electron chi connectivity index (χ3n) is 9.58. The normalized spacial score (nSPS) is 13.3. The molecule has 0 atom stereocenters. The molecular formula is C49H31N3. The first-order chi connectivity index (χ1) is 28.7. The first kappa shape index (κ1) is 23.4. The number of rotatable bonds is 5. The summed E-state index contributed by atoms with van der Waals surface area (Å²) in [5, 5.41) is 5.84. The highest BCUT2D eigenvalue weighted by Gasteiger charge is 2.17. The van der Waals surface area contributed by atoms with E-state index >= 15 is 0 Å². The number of hydrogen-bond acceptors (Lipinski definition) is 3. The van der Waals surface area contributed by atoms with Crippen LogP contribution >= 0.6 is 0 Å². The maximum atomic E-state index is 9.15. The summed E-state index contributed by atoms with van der Waals surface area (Å²) in [6.45, 7) is 0. The van der Waals surface area contributed by atoms with Crippen LogP contribution in [0.5, 0.6) is 0 Å². The van der Waals surface area contributed by atoms with Crippen LogP contribution in [0.4, 0.5) is 0 Å². The largest absolute Gasteiger partial charge is 0.208 e. The summed E-state index contributed by atoms with van der Waals surface area (Å²) in [6.07, 6.45) is 0. The van der Waals surface area contributed by atoms with Gasteiger partial charge in [-0.05, 0) is 89.6 Å². The molecule has 3 nitrogen and oxygen atoms in total. The Balaban J connectivity index is 1.21. The SMILES string of the molecule is [2H]c1c([2H])c([2H])c2c(-c3nc(-c4cccc(-c5ccc6cc(-c7ccccc7)ccc6c5)c4)nc(-c4cc5ccccc5c5ccccc45)n3)c([2H])c([2H])c([2H])c2c1[2H]. The van der Waals surface area contributed by atoms with Gasteiger partial charge < -0.3 is 0 Å². The summed E-state index contributed by atoms with van der Waals surface area (Å²) < 4.78 is 61.2. The van der Waals surface area contributed by atoms with E-state index in [2.05, 4.69) is 54.6 Å². The second-order valence-corrected chi connectivity index (χ2v) is 12.7.